The van der Waals surface area contributed by atoms with Crippen LogP contribution in [-0.4, -0.2) is 40.5 Å². The van der Waals surface area contributed by atoms with Crippen molar-refractivity contribution in [1.82, 2.24) is 14.9 Å². The largest absolute Gasteiger partial charge is 0.368 e. The molecule has 0 radical (unpaired) electrons. The molecule has 26 heavy (non-hydrogen) atoms. The molecular weight excluding hydrogens is 350 g/mol. The lowest BCUT2D eigenvalue weighted by molar-refractivity contribution is -0.143. The van der Waals surface area contributed by atoms with Crippen LogP contribution in [0.4, 0.5) is 0 Å². The molecule has 0 spiro atoms. The number of carbonyl (C=O) groups is 1. The summed E-state index contributed by atoms with van der Waals surface area (Å²) in [6.45, 7) is 1.70. The van der Waals surface area contributed by atoms with E-state index in [1.54, 1.807) is 12.4 Å². The molecule has 1 atom stereocenters. The van der Waals surface area contributed by atoms with Gasteiger partial charge in [0.25, 0.3) is 0 Å². The molecule has 5 nitrogen and oxygen atoms in total. The Morgan fingerprint density at radius 3 is 2.81 bits per heavy atom. The van der Waals surface area contributed by atoms with Crippen LogP contribution in [0.15, 0.2) is 36.7 Å². The van der Waals surface area contributed by atoms with Gasteiger partial charge in [0.2, 0.25) is 5.91 Å². The van der Waals surface area contributed by atoms with E-state index in [1.807, 2.05) is 29.2 Å². The molecule has 1 unspecified atom stereocenters. The molecular formula is C20H22ClN3O2. The number of nitrogens with zero attached hydrogens (tertiary/aromatic N) is 3. The number of carbonyl (C=O) groups excluding carboxylic acids is 1. The quantitative estimate of drug-likeness (QED) is 0.821. The number of benzene rings is 1. The Bertz CT molecular complexity index is 792. The summed E-state index contributed by atoms with van der Waals surface area (Å²) in [7, 11) is 0. The predicted octanol–water partition coefficient (Wildman–Crippen LogP) is 3.89. The zero-order valence-electron chi connectivity index (χ0n) is 14.6. The fourth-order valence-electron chi connectivity index (χ4n) is 3.89. The third-order valence-corrected chi connectivity index (χ3v) is 5.45. The van der Waals surface area contributed by atoms with Gasteiger partial charge < -0.3 is 9.64 Å². The zero-order chi connectivity index (χ0) is 17.9. The van der Waals surface area contributed by atoms with Gasteiger partial charge >= 0.3 is 0 Å². The Morgan fingerprint density at radius 2 is 2.00 bits per heavy atom. The summed E-state index contributed by atoms with van der Waals surface area (Å²) in [5.74, 6) is 0.451. The first-order chi connectivity index (χ1) is 12.7. The molecule has 0 bridgehead atoms. The second kappa shape index (κ2) is 7.72. The van der Waals surface area contributed by atoms with Crippen molar-refractivity contribution < 1.29 is 9.53 Å². The molecule has 2 heterocycles. The molecule has 1 aromatic carbocycles. The number of ether oxygens (including phenoxy) is 1. The molecule has 2 aromatic rings. The second-order valence-corrected chi connectivity index (χ2v) is 7.36. The summed E-state index contributed by atoms with van der Waals surface area (Å²) in [5.41, 5.74) is 2.43. The Kier molecular flexibility index (Phi) is 5.18. The van der Waals surface area contributed by atoms with E-state index < -0.39 is 0 Å². The van der Waals surface area contributed by atoms with Gasteiger partial charge in [-0.1, -0.05) is 36.6 Å². The maximum Gasteiger partial charge on any atom is 0.225 e. The summed E-state index contributed by atoms with van der Waals surface area (Å²) in [6.07, 6.45) is 7.42. The minimum absolute atomic E-state index is 0.183. The van der Waals surface area contributed by atoms with Crippen molar-refractivity contribution in [2.75, 3.05) is 19.7 Å². The van der Waals surface area contributed by atoms with E-state index in [0.717, 1.165) is 42.6 Å². The fourth-order valence-corrected chi connectivity index (χ4v) is 4.08. The number of amides is 1. The highest BCUT2D eigenvalue weighted by molar-refractivity contribution is 6.30. The SMILES string of the molecule is O=C(C1CCCC1)N1CCOC(c2nccnc2-c2cccc(Cl)c2)C1. The molecule has 1 aliphatic carbocycles. The van der Waals surface area contributed by atoms with Gasteiger partial charge in [0.15, 0.2) is 0 Å². The minimum Gasteiger partial charge on any atom is -0.368 e. The van der Waals surface area contributed by atoms with E-state index in [9.17, 15) is 4.79 Å². The number of hydrogen-bond acceptors (Lipinski definition) is 4. The molecule has 2 fully saturated rings. The van der Waals surface area contributed by atoms with Gasteiger partial charge in [-0.05, 0) is 25.0 Å². The van der Waals surface area contributed by atoms with Gasteiger partial charge in [0.05, 0.1) is 24.5 Å². The molecule has 1 saturated heterocycles. The zero-order valence-corrected chi connectivity index (χ0v) is 15.4. The Hall–Kier alpha value is -1.98. The molecule has 2 aliphatic rings. The van der Waals surface area contributed by atoms with Crippen LogP contribution in [0, 0.1) is 5.92 Å². The molecule has 1 aromatic heterocycles. The van der Waals surface area contributed by atoms with Gasteiger partial charge in [0, 0.05) is 35.4 Å². The first-order valence-electron chi connectivity index (χ1n) is 9.19. The Labute approximate surface area is 158 Å². The van der Waals surface area contributed by atoms with Crippen molar-refractivity contribution in [3.63, 3.8) is 0 Å². The number of morpholine rings is 1. The van der Waals surface area contributed by atoms with E-state index in [0.29, 0.717) is 24.7 Å². The van der Waals surface area contributed by atoms with Crippen molar-refractivity contribution >= 4 is 17.5 Å². The maximum atomic E-state index is 12.8. The average molecular weight is 372 g/mol. The third kappa shape index (κ3) is 3.60. The summed E-state index contributed by atoms with van der Waals surface area (Å²) in [6, 6.07) is 7.57. The maximum absolute atomic E-state index is 12.8. The van der Waals surface area contributed by atoms with Gasteiger partial charge in [-0.25, -0.2) is 0 Å². The van der Waals surface area contributed by atoms with E-state index in [2.05, 4.69) is 9.97 Å². The monoisotopic (exact) mass is 371 g/mol. The summed E-state index contributed by atoms with van der Waals surface area (Å²) in [5, 5.41) is 0.654. The minimum atomic E-state index is -0.267. The lowest BCUT2D eigenvalue weighted by Gasteiger charge is -2.34. The van der Waals surface area contributed by atoms with Crippen LogP contribution in [0.25, 0.3) is 11.3 Å². The Balaban J connectivity index is 1.58. The highest BCUT2D eigenvalue weighted by Gasteiger charge is 2.33. The molecule has 1 amide bonds. The average Bonchev–Trinajstić information content (AvgIpc) is 3.22. The standard InChI is InChI=1S/C20H22ClN3O2/c21-16-7-3-6-15(12-16)18-19(23-9-8-22-18)17-13-24(10-11-26-17)20(25)14-4-1-2-5-14/h3,6-9,12,14,17H,1-2,4-5,10-11,13H2. The molecule has 0 N–H and O–H groups in total. The van der Waals surface area contributed by atoms with Gasteiger partial charge in [0.1, 0.15) is 6.10 Å². The topological polar surface area (TPSA) is 55.3 Å². The van der Waals surface area contributed by atoms with Crippen LogP contribution in [0.3, 0.4) is 0 Å². The first kappa shape index (κ1) is 17.4. The highest BCUT2D eigenvalue weighted by atomic mass is 35.5. The highest BCUT2D eigenvalue weighted by Crippen LogP contribution is 2.32. The van der Waals surface area contributed by atoms with Gasteiger partial charge in [-0.2, -0.15) is 0 Å². The summed E-state index contributed by atoms with van der Waals surface area (Å²) >= 11 is 6.14. The molecule has 136 valence electrons. The van der Waals surface area contributed by atoms with E-state index in [-0.39, 0.29) is 17.9 Å². The number of hydrogen-bond donors (Lipinski definition) is 0. The third-order valence-electron chi connectivity index (χ3n) is 5.21. The van der Waals surface area contributed by atoms with Crippen LogP contribution >= 0.6 is 11.6 Å². The number of rotatable bonds is 3. The van der Waals surface area contributed by atoms with Crippen molar-refractivity contribution in [3.8, 4) is 11.3 Å². The van der Waals surface area contributed by atoms with Crippen LogP contribution in [0.5, 0.6) is 0 Å². The van der Waals surface area contributed by atoms with Crippen LogP contribution < -0.4 is 0 Å². The molecule has 6 heteroatoms. The van der Waals surface area contributed by atoms with Crippen molar-refractivity contribution in [2.24, 2.45) is 5.92 Å². The van der Waals surface area contributed by atoms with Crippen LogP contribution in [-0.2, 0) is 9.53 Å². The van der Waals surface area contributed by atoms with E-state index in [1.165, 1.54) is 0 Å². The van der Waals surface area contributed by atoms with E-state index >= 15 is 0 Å². The number of aromatic nitrogens is 2. The van der Waals surface area contributed by atoms with Gasteiger partial charge in [-0.3, -0.25) is 14.8 Å². The number of halogens is 1. The normalized spacial score (nSPS) is 21.1. The Morgan fingerprint density at radius 1 is 1.19 bits per heavy atom. The first-order valence-corrected chi connectivity index (χ1v) is 9.57. The second-order valence-electron chi connectivity index (χ2n) is 6.93. The predicted molar refractivity (Wildman–Crippen MR) is 99.7 cm³/mol. The fraction of sp³-hybridized carbons (Fsp3) is 0.450. The van der Waals surface area contributed by atoms with Crippen molar-refractivity contribution in [3.05, 3.63) is 47.4 Å². The van der Waals surface area contributed by atoms with Gasteiger partial charge in [-0.15, -0.1) is 0 Å². The van der Waals surface area contributed by atoms with E-state index in [4.69, 9.17) is 16.3 Å². The lowest BCUT2D eigenvalue weighted by Crippen LogP contribution is -2.44. The summed E-state index contributed by atoms with van der Waals surface area (Å²) < 4.78 is 5.97. The van der Waals surface area contributed by atoms with Crippen LogP contribution in [0.1, 0.15) is 37.5 Å². The molecule has 4 rings (SSSR count). The smallest absolute Gasteiger partial charge is 0.225 e. The van der Waals surface area contributed by atoms with Crippen molar-refractivity contribution in [1.29, 1.82) is 0 Å². The van der Waals surface area contributed by atoms with Crippen LogP contribution in [0.2, 0.25) is 5.02 Å². The molecule has 1 saturated carbocycles. The lowest BCUT2D eigenvalue weighted by atomic mass is 10.0. The van der Waals surface area contributed by atoms with Crippen molar-refractivity contribution in [2.45, 2.75) is 31.8 Å². The molecule has 1 aliphatic heterocycles. The summed E-state index contributed by atoms with van der Waals surface area (Å²) in [4.78, 5) is 23.8.